The Hall–Kier alpha value is -2.89. The summed E-state index contributed by atoms with van der Waals surface area (Å²) in [7, 11) is 0. The molecule has 0 aliphatic rings. The predicted octanol–water partition coefficient (Wildman–Crippen LogP) is 14.1. The summed E-state index contributed by atoms with van der Waals surface area (Å²) < 4.78 is 16.6. The third kappa shape index (κ3) is 40.3. The largest absolute Gasteiger partial charge is 0.462 e. The van der Waals surface area contributed by atoms with Gasteiger partial charge in [-0.25, -0.2) is 0 Å². The van der Waals surface area contributed by atoms with Crippen molar-refractivity contribution in [3.8, 4) is 0 Å². The van der Waals surface area contributed by atoms with Crippen LogP contribution in [0.3, 0.4) is 0 Å². The SMILES string of the molecule is CC/C=C\C/C=C\C/C=C\C/C=C\CCC(=O)OCC(COC(=O)CCCCCCC/C=C\CCCC)OC(=O)CCCCCCCCCCCCCC. The van der Waals surface area contributed by atoms with Crippen LogP contribution in [0, 0.1) is 0 Å². The summed E-state index contributed by atoms with van der Waals surface area (Å²) in [5.74, 6) is -0.997. The van der Waals surface area contributed by atoms with Crippen molar-refractivity contribution >= 4 is 17.9 Å². The first-order valence-corrected chi connectivity index (χ1v) is 22.3. The highest BCUT2D eigenvalue weighted by molar-refractivity contribution is 5.71. The summed E-state index contributed by atoms with van der Waals surface area (Å²) in [4.78, 5) is 37.6. The van der Waals surface area contributed by atoms with Crippen molar-refractivity contribution in [3.05, 3.63) is 60.8 Å². The molecule has 0 aliphatic heterocycles. The summed E-state index contributed by atoms with van der Waals surface area (Å²) in [6.45, 7) is 6.39. The van der Waals surface area contributed by atoms with Gasteiger partial charge in [-0.15, -0.1) is 0 Å². The Bertz CT molecular complexity index is 1010. The summed E-state index contributed by atoms with van der Waals surface area (Å²) in [5.41, 5.74) is 0. The Kier molecular flexibility index (Phi) is 40.6. The molecule has 0 fully saturated rings. The minimum atomic E-state index is -0.800. The fourth-order valence-corrected chi connectivity index (χ4v) is 5.91. The molecule has 0 heterocycles. The smallest absolute Gasteiger partial charge is 0.306 e. The highest BCUT2D eigenvalue weighted by atomic mass is 16.6. The van der Waals surface area contributed by atoms with Crippen molar-refractivity contribution in [1.29, 1.82) is 0 Å². The lowest BCUT2D eigenvalue weighted by molar-refractivity contribution is -0.166. The highest BCUT2D eigenvalue weighted by Crippen LogP contribution is 2.14. The van der Waals surface area contributed by atoms with Gasteiger partial charge in [0.15, 0.2) is 6.10 Å². The van der Waals surface area contributed by atoms with E-state index in [2.05, 4.69) is 69.4 Å². The van der Waals surface area contributed by atoms with Crippen LogP contribution >= 0.6 is 0 Å². The van der Waals surface area contributed by atoms with Gasteiger partial charge in [-0.3, -0.25) is 14.4 Å². The molecule has 0 spiro atoms. The number of rotatable bonds is 39. The molecule has 6 nitrogen and oxygen atoms in total. The van der Waals surface area contributed by atoms with Crippen LogP contribution in [0.4, 0.5) is 0 Å². The molecule has 0 bridgehead atoms. The molecule has 0 aromatic heterocycles. The normalized spacial score (nSPS) is 12.6. The minimum absolute atomic E-state index is 0.0997. The first-order valence-electron chi connectivity index (χ1n) is 22.3. The predicted molar refractivity (Wildman–Crippen MR) is 228 cm³/mol. The molecular weight excluding hydrogens is 673 g/mol. The van der Waals surface area contributed by atoms with Crippen molar-refractivity contribution in [1.82, 2.24) is 0 Å². The number of esters is 3. The van der Waals surface area contributed by atoms with E-state index in [0.717, 1.165) is 77.0 Å². The van der Waals surface area contributed by atoms with Gasteiger partial charge in [0, 0.05) is 19.3 Å². The molecule has 1 unspecified atom stereocenters. The Labute approximate surface area is 332 Å². The van der Waals surface area contributed by atoms with Gasteiger partial charge in [0.25, 0.3) is 0 Å². The van der Waals surface area contributed by atoms with Crippen LogP contribution in [0.5, 0.6) is 0 Å². The van der Waals surface area contributed by atoms with Crippen LogP contribution < -0.4 is 0 Å². The van der Waals surface area contributed by atoms with Gasteiger partial charge < -0.3 is 14.2 Å². The minimum Gasteiger partial charge on any atom is -0.462 e. The zero-order valence-electron chi connectivity index (χ0n) is 35.2. The standard InChI is InChI=1S/C48H82O6/c1-4-7-10-13-16-19-22-24-27-29-32-35-38-41-47(50)53-44-45(43-52-46(49)40-37-34-31-28-25-21-18-15-12-9-6-3)54-48(51)42-39-36-33-30-26-23-20-17-14-11-8-5-2/h7,10,15-16,18-19,24,27,32,35,45H,4-6,8-9,11-14,17,20-23,25-26,28-31,33-34,36-44H2,1-3H3/b10-7-,18-15-,19-16-,27-24-,35-32-. The maximum absolute atomic E-state index is 12.7. The molecule has 0 radical (unpaired) electrons. The third-order valence-corrected chi connectivity index (χ3v) is 9.27. The Balaban J connectivity index is 4.49. The van der Waals surface area contributed by atoms with Crippen molar-refractivity contribution in [2.45, 2.75) is 213 Å². The molecule has 6 heteroatoms. The number of unbranched alkanes of at least 4 members (excludes halogenated alkanes) is 18. The highest BCUT2D eigenvalue weighted by Gasteiger charge is 2.19. The molecule has 0 N–H and O–H groups in total. The lowest BCUT2D eigenvalue weighted by Crippen LogP contribution is -2.30. The molecule has 0 saturated carbocycles. The Morgan fingerprint density at radius 1 is 0.389 bits per heavy atom. The molecule has 0 saturated heterocycles. The molecular formula is C48H82O6. The number of hydrogen-bond donors (Lipinski definition) is 0. The van der Waals surface area contributed by atoms with Crippen LogP contribution in [0.2, 0.25) is 0 Å². The molecule has 1 atom stereocenters. The molecule has 310 valence electrons. The molecule has 0 rings (SSSR count). The third-order valence-electron chi connectivity index (χ3n) is 9.27. The molecule has 0 aromatic rings. The molecule has 0 aromatic carbocycles. The number of carbonyl (C=O) groups excluding carboxylic acids is 3. The van der Waals surface area contributed by atoms with E-state index >= 15 is 0 Å². The molecule has 54 heavy (non-hydrogen) atoms. The van der Waals surface area contributed by atoms with E-state index in [1.807, 2.05) is 12.2 Å². The first-order chi connectivity index (χ1) is 26.5. The topological polar surface area (TPSA) is 78.9 Å². The average molecular weight is 755 g/mol. The summed E-state index contributed by atoms with van der Waals surface area (Å²) >= 11 is 0. The maximum atomic E-state index is 12.7. The second kappa shape index (κ2) is 42.8. The average Bonchev–Trinajstić information content (AvgIpc) is 3.17. The van der Waals surface area contributed by atoms with E-state index in [0.29, 0.717) is 19.3 Å². The second-order valence-electron chi connectivity index (χ2n) is 14.6. The van der Waals surface area contributed by atoms with E-state index in [-0.39, 0.29) is 37.5 Å². The van der Waals surface area contributed by atoms with Crippen molar-refractivity contribution in [2.75, 3.05) is 13.2 Å². The van der Waals surface area contributed by atoms with E-state index < -0.39 is 6.10 Å². The van der Waals surface area contributed by atoms with E-state index in [4.69, 9.17) is 14.2 Å². The Morgan fingerprint density at radius 3 is 1.30 bits per heavy atom. The summed E-state index contributed by atoms with van der Waals surface area (Å²) in [6, 6.07) is 0. The first kappa shape index (κ1) is 51.1. The van der Waals surface area contributed by atoms with Gasteiger partial charge in [0.05, 0.1) is 0 Å². The van der Waals surface area contributed by atoms with Crippen LogP contribution in [0.15, 0.2) is 60.8 Å². The lowest BCUT2D eigenvalue weighted by atomic mass is 10.0. The summed E-state index contributed by atoms with van der Waals surface area (Å²) in [6.07, 6.45) is 50.7. The number of ether oxygens (including phenoxy) is 3. The van der Waals surface area contributed by atoms with Crippen molar-refractivity contribution in [2.24, 2.45) is 0 Å². The van der Waals surface area contributed by atoms with E-state index in [1.54, 1.807) is 0 Å². The van der Waals surface area contributed by atoms with Crippen LogP contribution in [-0.4, -0.2) is 37.2 Å². The number of hydrogen-bond acceptors (Lipinski definition) is 6. The second-order valence-corrected chi connectivity index (χ2v) is 14.6. The van der Waals surface area contributed by atoms with Gasteiger partial charge in [-0.05, 0) is 64.2 Å². The van der Waals surface area contributed by atoms with Crippen LogP contribution in [-0.2, 0) is 28.6 Å². The molecule has 0 amide bonds. The fourth-order valence-electron chi connectivity index (χ4n) is 5.91. The quantitative estimate of drug-likeness (QED) is 0.0269. The number of carbonyl (C=O) groups is 3. The maximum Gasteiger partial charge on any atom is 0.306 e. The van der Waals surface area contributed by atoms with Crippen LogP contribution in [0.1, 0.15) is 207 Å². The van der Waals surface area contributed by atoms with Gasteiger partial charge in [0.1, 0.15) is 13.2 Å². The summed E-state index contributed by atoms with van der Waals surface area (Å²) in [5, 5.41) is 0. The van der Waals surface area contributed by atoms with Gasteiger partial charge in [0.2, 0.25) is 0 Å². The van der Waals surface area contributed by atoms with E-state index in [1.165, 1.54) is 83.5 Å². The number of allylic oxidation sites excluding steroid dienone is 10. The van der Waals surface area contributed by atoms with Gasteiger partial charge >= 0.3 is 17.9 Å². The van der Waals surface area contributed by atoms with Crippen molar-refractivity contribution in [3.63, 3.8) is 0 Å². The van der Waals surface area contributed by atoms with Crippen molar-refractivity contribution < 1.29 is 28.6 Å². The fraction of sp³-hybridized carbons (Fsp3) is 0.729. The zero-order valence-corrected chi connectivity index (χ0v) is 35.2. The monoisotopic (exact) mass is 755 g/mol. The van der Waals surface area contributed by atoms with Gasteiger partial charge in [-0.2, -0.15) is 0 Å². The van der Waals surface area contributed by atoms with Crippen LogP contribution in [0.25, 0.3) is 0 Å². The Morgan fingerprint density at radius 2 is 0.778 bits per heavy atom. The molecule has 0 aliphatic carbocycles. The lowest BCUT2D eigenvalue weighted by Gasteiger charge is -2.18. The van der Waals surface area contributed by atoms with Gasteiger partial charge in [-0.1, -0.05) is 184 Å². The van der Waals surface area contributed by atoms with E-state index in [9.17, 15) is 14.4 Å². The zero-order chi connectivity index (χ0) is 39.4.